The molecular weight excluding hydrogens is 250 g/mol. The number of nitrogens with zero attached hydrogens (tertiary/aromatic N) is 1. The summed E-state index contributed by atoms with van der Waals surface area (Å²) >= 11 is 0. The standard InChI is InChI=1S/C17H19NO2/c1-13(15-7-3-4-8-16(15)19)18-10-11-20-17-9-5-2-6-14(17)12-18/h2-9,13,19H,10-12H2,1H3. The van der Waals surface area contributed by atoms with Crippen LogP contribution in [0.3, 0.4) is 0 Å². The molecular formula is C17H19NO2. The second-order valence-electron chi connectivity index (χ2n) is 5.16. The number of rotatable bonds is 2. The Morgan fingerprint density at radius 2 is 1.85 bits per heavy atom. The second kappa shape index (κ2) is 5.55. The van der Waals surface area contributed by atoms with Crippen molar-refractivity contribution in [1.82, 2.24) is 4.90 Å². The molecule has 1 N–H and O–H groups in total. The Kier molecular flexibility index (Phi) is 3.61. The maximum Gasteiger partial charge on any atom is 0.123 e. The number of hydrogen-bond acceptors (Lipinski definition) is 3. The summed E-state index contributed by atoms with van der Waals surface area (Å²) in [5, 5.41) is 10.0. The molecule has 1 atom stereocenters. The van der Waals surface area contributed by atoms with E-state index in [1.807, 2.05) is 36.4 Å². The average molecular weight is 269 g/mol. The lowest BCUT2D eigenvalue weighted by Crippen LogP contribution is -2.28. The van der Waals surface area contributed by atoms with Crippen molar-refractivity contribution >= 4 is 0 Å². The van der Waals surface area contributed by atoms with E-state index in [1.54, 1.807) is 6.07 Å². The smallest absolute Gasteiger partial charge is 0.123 e. The first-order valence-electron chi connectivity index (χ1n) is 6.98. The number of hydrogen-bond donors (Lipinski definition) is 1. The van der Waals surface area contributed by atoms with E-state index in [2.05, 4.69) is 17.9 Å². The molecule has 0 aliphatic carbocycles. The molecule has 2 aromatic rings. The zero-order valence-electron chi connectivity index (χ0n) is 11.6. The largest absolute Gasteiger partial charge is 0.508 e. The minimum atomic E-state index is 0.158. The van der Waals surface area contributed by atoms with Crippen LogP contribution in [0.5, 0.6) is 11.5 Å². The molecule has 0 bridgehead atoms. The minimum absolute atomic E-state index is 0.158. The summed E-state index contributed by atoms with van der Waals surface area (Å²) in [7, 11) is 0. The molecule has 104 valence electrons. The summed E-state index contributed by atoms with van der Waals surface area (Å²) in [6, 6.07) is 15.9. The first-order valence-corrected chi connectivity index (χ1v) is 6.98. The summed E-state index contributed by atoms with van der Waals surface area (Å²) in [5.74, 6) is 1.33. The molecule has 0 saturated heterocycles. The number of aromatic hydroxyl groups is 1. The highest BCUT2D eigenvalue weighted by Gasteiger charge is 2.22. The fraction of sp³-hybridized carbons (Fsp3) is 0.294. The number of fused-ring (bicyclic) bond motifs is 1. The fourth-order valence-corrected chi connectivity index (χ4v) is 2.71. The fourth-order valence-electron chi connectivity index (χ4n) is 2.71. The van der Waals surface area contributed by atoms with Gasteiger partial charge in [0.05, 0.1) is 0 Å². The third kappa shape index (κ3) is 2.49. The lowest BCUT2D eigenvalue weighted by Gasteiger charge is -2.27. The van der Waals surface area contributed by atoms with Gasteiger partial charge in [0.2, 0.25) is 0 Å². The van der Waals surface area contributed by atoms with E-state index in [4.69, 9.17) is 4.74 Å². The molecule has 20 heavy (non-hydrogen) atoms. The first kappa shape index (κ1) is 13.0. The maximum absolute atomic E-state index is 10.0. The SMILES string of the molecule is CC(c1ccccc1O)N1CCOc2ccccc2C1. The normalized spacial score (nSPS) is 16.9. The molecule has 0 saturated carbocycles. The number of phenolic OH excluding ortho intramolecular Hbond substituents is 1. The van der Waals surface area contributed by atoms with Gasteiger partial charge in [0.1, 0.15) is 18.1 Å². The van der Waals surface area contributed by atoms with Gasteiger partial charge in [0.25, 0.3) is 0 Å². The van der Waals surface area contributed by atoms with Gasteiger partial charge in [0, 0.05) is 30.3 Å². The van der Waals surface area contributed by atoms with Crippen LogP contribution in [-0.4, -0.2) is 23.2 Å². The van der Waals surface area contributed by atoms with Gasteiger partial charge in [-0.25, -0.2) is 0 Å². The molecule has 1 aliphatic rings. The topological polar surface area (TPSA) is 32.7 Å². The molecule has 1 unspecified atom stereocenters. The minimum Gasteiger partial charge on any atom is -0.508 e. The van der Waals surface area contributed by atoms with Crippen LogP contribution >= 0.6 is 0 Å². The van der Waals surface area contributed by atoms with Crippen LogP contribution < -0.4 is 4.74 Å². The molecule has 0 spiro atoms. The van der Waals surface area contributed by atoms with Gasteiger partial charge < -0.3 is 9.84 Å². The van der Waals surface area contributed by atoms with E-state index >= 15 is 0 Å². The Bertz CT molecular complexity index is 597. The van der Waals surface area contributed by atoms with Crippen molar-refractivity contribution in [2.45, 2.75) is 19.5 Å². The van der Waals surface area contributed by atoms with Gasteiger partial charge in [-0.1, -0.05) is 36.4 Å². The van der Waals surface area contributed by atoms with E-state index < -0.39 is 0 Å². The molecule has 0 aromatic heterocycles. The van der Waals surface area contributed by atoms with Crippen LogP contribution in [0.4, 0.5) is 0 Å². The summed E-state index contributed by atoms with van der Waals surface area (Å²) in [5.41, 5.74) is 2.17. The van der Waals surface area contributed by atoms with Crippen molar-refractivity contribution in [2.24, 2.45) is 0 Å². The van der Waals surface area contributed by atoms with Crippen molar-refractivity contribution in [3.8, 4) is 11.5 Å². The lowest BCUT2D eigenvalue weighted by molar-refractivity contribution is 0.177. The molecule has 3 nitrogen and oxygen atoms in total. The van der Waals surface area contributed by atoms with Crippen LogP contribution in [0.15, 0.2) is 48.5 Å². The van der Waals surface area contributed by atoms with E-state index in [1.165, 1.54) is 5.56 Å². The highest BCUT2D eigenvalue weighted by atomic mass is 16.5. The molecule has 0 fully saturated rings. The summed E-state index contributed by atoms with van der Waals surface area (Å²) in [6.45, 7) is 4.49. The Balaban J connectivity index is 1.86. The Morgan fingerprint density at radius 1 is 1.10 bits per heavy atom. The van der Waals surface area contributed by atoms with Crippen LogP contribution in [0.25, 0.3) is 0 Å². The number of benzene rings is 2. The summed E-state index contributed by atoms with van der Waals surface area (Å²) in [6.07, 6.45) is 0. The number of phenols is 1. The highest BCUT2D eigenvalue weighted by molar-refractivity contribution is 5.36. The summed E-state index contributed by atoms with van der Waals surface area (Å²) in [4.78, 5) is 2.33. The van der Waals surface area contributed by atoms with Gasteiger partial charge in [-0.3, -0.25) is 4.90 Å². The predicted molar refractivity (Wildman–Crippen MR) is 78.9 cm³/mol. The molecule has 2 aromatic carbocycles. The van der Waals surface area contributed by atoms with Crippen molar-refractivity contribution < 1.29 is 9.84 Å². The Labute approximate surface area is 119 Å². The number of para-hydroxylation sites is 2. The van der Waals surface area contributed by atoms with E-state index in [0.717, 1.165) is 24.4 Å². The van der Waals surface area contributed by atoms with Gasteiger partial charge in [0.15, 0.2) is 0 Å². The van der Waals surface area contributed by atoms with Crippen molar-refractivity contribution in [3.63, 3.8) is 0 Å². The van der Waals surface area contributed by atoms with Crippen molar-refractivity contribution in [3.05, 3.63) is 59.7 Å². The zero-order valence-corrected chi connectivity index (χ0v) is 11.6. The van der Waals surface area contributed by atoms with E-state index in [-0.39, 0.29) is 6.04 Å². The maximum atomic E-state index is 10.0. The van der Waals surface area contributed by atoms with Gasteiger partial charge in [-0.2, -0.15) is 0 Å². The first-order chi connectivity index (χ1) is 9.75. The van der Waals surface area contributed by atoms with Crippen molar-refractivity contribution in [2.75, 3.05) is 13.2 Å². The van der Waals surface area contributed by atoms with Gasteiger partial charge >= 0.3 is 0 Å². The van der Waals surface area contributed by atoms with Crippen LogP contribution in [0.2, 0.25) is 0 Å². The highest BCUT2D eigenvalue weighted by Crippen LogP contribution is 2.31. The second-order valence-corrected chi connectivity index (χ2v) is 5.16. The summed E-state index contributed by atoms with van der Waals surface area (Å²) < 4.78 is 5.79. The average Bonchev–Trinajstić information content (AvgIpc) is 2.69. The molecule has 3 heteroatoms. The molecule has 1 heterocycles. The monoisotopic (exact) mass is 269 g/mol. The molecule has 1 aliphatic heterocycles. The quantitative estimate of drug-likeness (QED) is 0.907. The Morgan fingerprint density at radius 3 is 2.70 bits per heavy atom. The van der Waals surface area contributed by atoms with E-state index in [0.29, 0.717) is 12.4 Å². The van der Waals surface area contributed by atoms with Crippen LogP contribution in [0.1, 0.15) is 24.1 Å². The zero-order chi connectivity index (χ0) is 13.9. The van der Waals surface area contributed by atoms with Gasteiger partial charge in [-0.05, 0) is 19.1 Å². The lowest BCUT2D eigenvalue weighted by atomic mass is 10.0. The van der Waals surface area contributed by atoms with E-state index in [9.17, 15) is 5.11 Å². The number of ether oxygens (including phenoxy) is 1. The van der Waals surface area contributed by atoms with Crippen LogP contribution in [0, 0.1) is 0 Å². The third-order valence-corrected chi connectivity index (χ3v) is 3.92. The molecule has 0 radical (unpaired) electrons. The Hall–Kier alpha value is -2.00. The van der Waals surface area contributed by atoms with Crippen molar-refractivity contribution in [1.29, 1.82) is 0 Å². The van der Waals surface area contributed by atoms with Crippen LogP contribution in [-0.2, 0) is 6.54 Å². The molecule has 0 amide bonds. The molecule has 3 rings (SSSR count). The van der Waals surface area contributed by atoms with Gasteiger partial charge in [-0.15, -0.1) is 0 Å². The predicted octanol–water partition coefficient (Wildman–Crippen LogP) is 3.35. The third-order valence-electron chi connectivity index (χ3n) is 3.92.